The first-order valence-electron chi connectivity index (χ1n) is 10.9. The van der Waals surface area contributed by atoms with Crippen LogP contribution in [-0.2, 0) is 4.79 Å². The van der Waals surface area contributed by atoms with Gasteiger partial charge in [0, 0.05) is 37.4 Å². The molecule has 0 atom stereocenters. The molecule has 2 aliphatic rings. The summed E-state index contributed by atoms with van der Waals surface area (Å²) in [5.74, 6) is -0.0598. The molecule has 3 N–H and O–H groups in total. The first-order chi connectivity index (χ1) is 14.1. The van der Waals surface area contributed by atoms with Crippen molar-refractivity contribution in [1.82, 2.24) is 15.1 Å². The zero-order valence-electron chi connectivity index (χ0n) is 17.2. The number of nitrogens with one attached hydrogen (secondary N) is 2. The van der Waals surface area contributed by atoms with Crippen molar-refractivity contribution in [2.24, 2.45) is 0 Å². The number of aliphatic hydroxyl groups excluding tert-OH is 1. The SMILES string of the molecule is O=C(CN1CCC(O)CC1)Nc1cccc(C(=O)CNCCN2CCCCC2)c1. The smallest absolute Gasteiger partial charge is 0.238 e. The Morgan fingerprint density at radius 3 is 2.55 bits per heavy atom. The van der Waals surface area contributed by atoms with Gasteiger partial charge in [0.2, 0.25) is 5.91 Å². The summed E-state index contributed by atoms with van der Waals surface area (Å²) in [6.45, 7) is 6.20. The van der Waals surface area contributed by atoms with Gasteiger partial charge in [0.1, 0.15) is 0 Å². The summed E-state index contributed by atoms with van der Waals surface area (Å²) in [6.07, 6.45) is 5.06. The van der Waals surface area contributed by atoms with Gasteiger partial charge in [-0.15, -0.1) is 0 Å². The van der Waals surface area contributed by atoms with Gasteiger partial charge in [-0.05, 0) is 50.9 Å². The number of nitrogens with zero attached hydrogens (tertiary/aromatic N) is 2. The number of hydrogen-bond acceptors (Lipinski definition) is 6. The largest absolute Gasteiger partial charge is 0.393 e. The fourth-order valence-electron chi connectivity index (χ4n) is 3.98. The van der Waals surface area contributed by atoms with Crippen LogP contribution in [0.25, 0.3) is 0 Å². The highest BCUT2D eigenvalue weighted by Gasteiger charge is 2.19. The van der Waals surface area contributed by atoms with Crippen molar-refractivity contribution in [2.45, 2.75) is 38.2 Å². The average molecular weight is 403 g/mol. The zero-order valence-corrected chi connectivity index (χ0v) is 17.2. The number of carbonyl (C=O) groups excluding carboxylic acids is 2. The minimum absolute atomic E-state index is 0.0322. The quantitative estimate of drug-likeness (QED) is 0.427. The topological polar surface area (TPSA) is 84.9 Å². The summed E-state index contributed by atoms with van der Waals surface area (Å²) in [6, 6.07) is 7.13. The van der Waals surface area contributed by atoms with Crippen LogP contribution in [-0.4, -0.2) is 85.1 Å². The number of ketones is 1. The van der Waals surface area contributed by atoms with Crippen molar-refractivity contribution in [3.05, 3.63) is 29.8 Å². The molecule has 2 heterocycles. The van der Waals surface area contributed by atoms with E-state index in [1.54, 1.807) is 24.3 Å². The molecule has 0 aromatic heterocycles. The number of rotatable bonds is 9. The molecule has 3 rings (SSSR count). The zero-order chi connectivity index (χ0) is 20.5. The normalized spacial score (nSPS) is 19.2. The van der Waals surface area contributed by atoms with E-state index in [-0.39, 0.29) is 17.8 Å². The predicted molar refractivity (Wildman–Crippen MR) is 114 cm³/mol. The van der Waals surface area contributed by atoms with Crippen LogP contribution < -0.4 is 10.6 Å². The maximum atomic E-state index is 12.5. The highest BCUT2D eigenvalue weighted by atomic mass is 16.3. The van der Waals surface area contributed by atoms with E-state index in [4.69, 9.17) is 0 Å². The number of Topliss-reactive ketones (excluding diaryl/α,β-unsaturated/α-hetero) is 1. The first-order valence-corrected chi connectivity index (χ1v) is 10.9. The van der Waals surface area contributed by atoms with E-state index in [0.717, 1.165) is 39.3 Å². The van der Waals surface area contributed by atoms with Crippen molar-refractivity contribution in [1.29, 1.82) is 0 Å². The molecule has 0 saturated carbocycles. The number of aliphatic hydroxyl groups is 1. The Bertz CT molecular complexity index is 668. The van der Waals surface area contributed by atoms with Crippen molar-refractivity contribution < 1.29 is 14.7 Å². The van der Waals surface area contributed by atoms with E-state index >= 15 is 0 Å². The Kier molecular flexibility index (Phi) is 8.61. The van der Waals surface area contributed by atoms with E-state index in [1.165, 1.54) is 19.3 Å². The third kappa shape index (κ3) is 7.51. The van der Waals surface area contributed by atoms with Crippen LogP contribution in [0.3, 0.4) is 0 Å². The Hall–Kier alpha value is -1.80. The highest BCUT2D eigenvalue weighted by Crippen LogP contribution is 2.13. The van der Waals surface area contributed by atoms with Gasteiger partial charge in [-0.25, -0.2) is 0 Å². The van der Waals surface area contributed by atoms with Gasteiger partial charge in [-0.3, -0.25) is 14.5 Å². The molecule has 0 spiro atoms. The Balaban J connectivity index is 1.39. The Labute approximate surface area is 173 Å². The van der Waals surface area contributed by atoms with Crippen LogP contribution >= 0.6 is 0 Å². The number of carbonyl (C=O) groups is 2. The molecule has 1 aromatic carbocycles. The summed E-state index contributed by atoms with van der Waals surface area (Å²) in [4.78, 5) is 29.2. The lowest BCUT2D eigenvalue weighted by Crippen LogP contribution is -2.40. The molecule has 0 bridgehead atoms. The van der Waals surface area contributed by atoms with Gasteiger partial charge >= 0.3 is 0 Å². The summed E-state index contributed by atoms with van der Waals surface area (Å²) < 4.78 is 0. The van der Waals surface area contributed by atoms with Crippen molar-refractivity contribution in [3.63, 3.8) is 0 Å². The second-order valence-electron chi connectivity index (χ2n) is 8.14. The lowest BCUT2D eigenvalue weighted by molar-refractivity contribution is -0.117. The molecule has 7 heteroatoms. The van der Waals surface area contributed by atoms with Gasteiger partial charge in [-0.2, -0.15) is 0 Å². The van der Waals surface area contributed by atoms with E-state index in [0.29, 0.717) is 37.2 Å². The number of anilines is 1. The van der Waals surface area contributed by atoms with Crippen LogP contribution in [0.4, 0.5) is 5.69 Å². The summed E-state index contributed by atoms with van der Waals surface area (Å²) >= 11 is 0. The molecular weight excluding hydrogens is 368 g/mol. The van der Waals surface area contributed by atoms with Crippen LogP contribution in [0.5, 0.6) is 0 Å². The molecule has 2 aliphatic heterocycles. The Morgan fingerprint density at radius 1 is 1.03 bits per heavy atom. The molecule has 2 saturated heterocycles. The lowest BCUT2D eigenvalue weighted by Gasteiger charge is -2.28. The number of hydrogen-bond donors (Lipinski definition) is 3. The molecule has 0 unspecified atom stereocenters. The standard InChI is InChI=1S/C22H34N4O3/c27-20-7-12-26(13-8-20)17-22(29)24-19-6-4-5-18(15-19)21(28)16-23-9-14-25-10-2-1-3-11-25/h4-6,15,20,23,27H,1-3,7-14,16-17H2,(H,24,29). The molecule has 1 aromatic rings. The number of piperidine rings is 2. The lowest BCUT2D eigenvalue weighted by atomic mass is 10.1. The monoisotopic (exact) mass is 402 g/mol. The number of amides is 1. The van der Waals surface area contributed by atoms with E-state index < -0.39 is 0 Å². The van der Waals surface area contributed by atoms with Gasteiger partial charge in [0.15, 0.2) is 5.78 Å². The summed E-state index contributed by atoms with van der Waals surface area (Å²) in [5, 5.41) is 15.7. The molecule has 160 valence electrons. The molecule has 0 radical (unpaired) electrons. The second kappa shape index (κ2) is 11.4. The van der Waals surface area contributed by atoms with E-state index in [1.807, 2.05) is 4.90 Å². The van der Waals surface area contributed by atoms with Crippen LogP contribution in [0.2, 0.25) is 0 Å². The van der Waals surface area contributed by atoms with Gasteiger partial charge in [0.05, 0.1) is 19.2 Å². The van der Waals surface area contributed by atoms with Crippen molar-refractivity contribution in [3.8, 4) is 0 Å². The second-order valence-corrected chi connectivity index (χ2v) is 8.14. The van der Waals surface area contributed by atoms with Crippen molar-refractivity contribution in [2.75, 3.05) is 57.7 Å². The maximum absolute atomic E-state index is 12.5. The molecule has 0 aliphatic carbocycles. The van der Waals surface area contributed by atoms with Crippen LogP contribution in [0.1, 0.15) is 42.5 Å². The molecular formula is C22H34N4O3. The Morgan fingerprint density at radius 2 is 1.79 bits per heavy atom. The third-order valence-electron chi connectivity index (χ3n) is 5.73. The number of likely N-dealkylation sites (tertiary alicyclic amines) is 2. The minimum Gasteiger partial charge on any atom is -0.393 e. The van der Waals surface area contributed by atoms with E-state index in [9.17, 15) is 14.7 Å². The predicted octanol–water partition coefficient (Wildman–Crippen LogP) is 1.34. The average Bonchev–Trinajstić information content (AvgIpc) is 2.73. The van der Waals surface area contributed by atoms with Crippen molar-refractivity contribution >= 4 is 17.4 Å². The van der Waals surface area contributed by atoms with E-state index in [2.05, 4.69) is 15.5 Å². The third-order valence-corrected chi connectivity index (χ3v) is 5.73. The first kappa shape index (κ1) is 21.9. The van der Waals surface area contributed by atoms with Crippen LogP contribution in [0.15, 0.2) is 24.3 Å². The van der Waals surface area contributed by atoms with Gasteiger partial charge in [-0.1, -0.05) is 18.6 Å². The van der Waals surface area contributed by atoms with Crippen LogP contribution in [0, 0.1) is 0 Å². The van der Waals surface area contributed by atoms with Gasteiger partial charge in [0.25, 0.3) is 0 Å². The molecule has 2 fully saturated rings. The van der Waals surface area contributed by atoms with Gasteiger partial charge < -0.3 is 20.6 Å². The maximum Gasteiger partial charge on any atom is 0.238 e. The summed E-state index contributed by atoms with van der Waals surface area (Å²) in [5.41, 5.74) is 1.25. The highest BCUT2D eigenvalue weighted by molar-refractivity contribution is 5.99. The number of benzene rings is 1. The molecule has 1 amide bonds. The minimum atomic E-state index is -0.245. The fourth-order valence-corrected chi connectivity index (χ4v) is 3.98. The summed E-state index contributed by atoms with van der Waals surface area (Å²) in [7, 11) is 0. The fraction of sp³-hybridized carbons (Fsp3) is 0.636. The molecule has 7 nitrogen and oxygen atoms in total. The molecule has 29 heavy (non-hydrogen) atoms.